The third kappa shape index (κ3) is 3.83. The van der Waals surface area contributed by atoms with Crippen molar-refractivity contribution in [1.82, 2.24) is 9.97 Å². The zero-order valence-electron chi connectivity index (χ0n) is 13.7. The lowest BCUT2D eigenvalue weighted by atomic mass is 10.2. The van der Waals surface area contributed by atoms with E-state index in [0.717, 1.165) is 35.0 Å². The van der Waals surface area contributed by atoms with E-state index in [1.165, 1.54) is 0 Å². The minimum atomic E-state index is 0.294. The molecule has 0 spiro atoms. The van der Waals surface area contributed by atoms with Gasteiger partial charge in [-0.3, -0.25) is 0 Å². The van der Waals surface area contributed by atoms with Gasteiger partial charge in [-0.05, 0) is 38.0 Å². The summed E-state index contributed by atoms with van der Waals surface area (Å²) >= 11 is 0. The normalized spacial score (nSPS) is 13.7. The van der Waals surface area contributed by atoms with Gasteiger partial charge in [0.05, 0.1) is 0 Å². The fourth-order valence-electron chi connectivity index (χ4n) is 2.29. The highest BCUT2D eigenvalue weighted by Gasteiger charge is 2.13. The quantitative estimate of drug-likeness (QED) is 0.852. The number of nitrogens with one attached hydrogen (secondary N) is 2. The summed E-state index contributed by atoms with van der Waals surface area (Å²) in [4.78, 5) is 8.95. The monoisotopic (exact) mass is 314 g/mol. The van der Waals surface area contributed by atoms with Crippen LogP contribution < -0.4 is 20.1 Å². The molecule has 2 N–H and O–H groups in total. The second-order valence-corrected chi connectivity index (χ2v) is 5.71. The molecule has 2 aromatic rings. The van der Waals surface area contributed by atoms with Crippen LogP contribution in [0, 0.1) is 6.92 Å². The van der Waals surface area contributed by atoms with Crippen molar-refractivity contribution in [2.75, 3.05) is 17.4 Å². The highest BCUT2D eigenvalue weighted by atomic mass is 16.7. The van der Waals surface area contributed by atoms with Crippen LogP contribution in [0.25, 0.3) is 0 Å². The van der Waals surface area contributed by atoms with Gasteiger partial charge in [0.1, 0.15) is 5.82 Å². The van der Waals surface area contributed by atoms with Gasteiger partial charge in [0, 0.05) is 24.3 Å². The number of benzene rings is 1. The average Bonchev–Trinajstić information content (AvgIpc) is 3.00. The fraction of sp³-hybridized carbons (Fsp3) is 0.412. The highest BCUT2D eigenvalue weighted by Crippen LogP contribution is 2.32. The Morgan fingerprint density at radius 3 is 2.83 bits per heavy atom. The Balaban J connectivity index is 1.68. The van der Waals surface area contributed by atoms with Crippen molar-refractivity contribution in [2.45, 2.75) is 39.8 Å². The van der Waals surface area contributed by atoms with E-state index in [1.807, 2.05) is 31.2 Å². The summed E-state index contributed by atoms with van der Waals surface area (Å²) in [5.41, 5.74) is 2.04. The molecule has 1 aliphatic heterocycles. The van der Waals surface area contributed by atoms with Crippen LogP contribution in [0.2, 0.25) is 0 Å². The maximum atomic E-state index is 5.40. The largest absolute Gasteiger partial charge is 0.454 e. The van der Waals surface area contributed by atoms with E-state index in [9.17, 15) is 0 Å². The standard InChI is InChI=1S/C17H22N4O2/c1-4-11(2)19-17-20-12(3)7-16(21-17)18-9-13-5-6-14-15(8-13)23-10-22-14/h5-8,11H,4,9-10H2,1-3H3,(H2,18,19,20,21). The van der Waals surface area contributed by atoms with Crippen LogP contribution in [0.1, 0.15) is 31.5 Å². The first kappa shape index (κ1) is 15.4. The van der Waals surface area contributed by atoms with Crippen LogP contribution >= 0.6 is 0 Å². The molecule has 6 nitrogen and oxygen atoms in total. The number of hydrogen-bond acceptors (Lipinski definition) is 6. The molecule has 0 bridgehead atoms. The summed E-state index contributed by atoms with van der Waals surface area (Å²) in [5, 5.41) is 6.64. The van der Waals surface area contributed by atoms with Crippen LogP contribution in [-0.2, 0) is 6.54 Å². The van der Waals surface area contributed by atoms with Crippen LogP contribution in [0.3, 0.4) is 0 Å². The van der Waals surface area contributed by atoms with Crippen LogP contribution in [0.15, 0.2) is 24.3 Å². The van der Waals surface area contributed by atoms with Gasteiger partial charge in [-0.25, -0.2) is 4.98 Å². The molecule has 1 aromatic carbocycles. The molecule has 0 saturated carbocycles. The maximum absolute atomic E-state index is 5.40. The van der Waals surface area contributed by atoms with Crippen molar-refractivity contribution >= 4 is 11.8 Å². The first-order valence-corrected chi connectivity index (χ1v) is 7.88. The number of aromatic nitrogens is 2. The minimum Gasteiger partial charge on any atom is -0.454 e. The van der Waals surface area contributed by atoms with Gasteiger partial charge in [-0.15, -0.1) is 0 Å². The predicted octanol–water partition coefficient (Wildman–Crippen LogP) is 3.34. The zero-order chi connectivity index (χ0) is 16.2. The molecule has 0 amide bonds. The Labute approximate surface area is 136 Å². The van der Waals surface area contributed by atoms with Gasteiger partial charge in [-0.1, -0.05) is 13.0 Å². The summed E-state index contributed by atoms with van der Waals surface area (Å²) < 4.78 is 10.7. The average molecular weight is 314 g/mol. The van der Waals surface area contributed by atoms with Crippen molar-refractivity contribution < 1.29 is 9.47 Å². The van der Waals surface area contributed by atoms with E-state index in [-0.39, 0.29) is 0 Å². The highest BCUT2D eigenvalue weighted by molar-refractivity contribution is 5.47. The van der Waals surface area contributed by atoms with Crippen molar-refractivity contribution in [3.8, 4) is 11.5 Å². The number of hydrogen-bond donors (Lipinski definition) is 2. The summed E-state index contributed by atoms with van der Waals surface area (Å²) in [5.74, 6) is 3.06. The predicted molar refractivity (Wildman–Crippen MR) is 90.0 cm³/mol. The van der Waals surface area contributed by atoms with Gasteiger partial charge in [0.2, 0.25) is 12.7 Å². The molecule has 1 aromatic heterocycles. The number of ether oxygens (including phenoxy) is 2. The summed E-state index contributed by atoms with van der Waals surface area (Å²) in [7, 11) is 0. The fourth-order valence-corrected chi connectivity index (χ4v) is 2.29. The van der Waals surface area contributed by atoms with Crippen molar-refractivity contribution in [1.29, 1.82) is 0 Å². The van der Waals surface area contributed by atoms with E-state index >= 15 is 0 Å². The minimum absolute atomic E-state index is 0.294. The topological polar surface area (TPSA) is 68.3 Å². The van der Waals surface area contributed by atoms with Gasteiger partial charge < -0.3 is 20.1 Å². The van der Waals surface area contributed by atoms with E-state index in [2.05, 4.69) is 34.4 Å². The van der Waals surface area contributed by atoms with Gasteiger partial charge in [0.15, 0.2) is 11.5 Å². The van der Waals surface area contributed by atoms with Crippen LogP contribution in [0.5, 0.6) is 11.5 Å². The molecule has 1 aliphatic rings. The van der Waals surface area contributed by atoms with Crippen molar-refractivity contribution in [2.24, 2.45) is 0 Å². The molecule has 1 atom stereocenters. The number of nitrogens with zero attached hydrogens (tertiary/aromatic N) is 2. The van der Waals surface area contributed by atoms with Crippen LogP contribution in [-0.4, -0.2) is 22.8 Å². The Morgan fingerprint density at radius 2 is 2.00 bits per heavy atom. The number of anilines is 2. The molecule has 3 rings (SSSR count). The SMILES string of the molecule is CCC(C)Nc1nc(C)cc(NCc2ccc3c(c2)OCO3)n1. The molecular formula is C17H22N4O2. The second kappa shape index (κ2) is 6.73. The van der Waals surface area contributed by atoms with Crippen molar-refractivity contribution in [3.05, 3.63) is 35.5 Å². The number of fused-ring (bicyclic) bond motifs is 1. The molecule has 23 heavy (non-hydrogen) atoms. The summed E-state index contributed by atoms with van der Waals surface area (Å²) in [6.45, 7) is 7.17. The van der Waals surface area contributed by atoms with E-state index < -0.39 is 0 Å². The lowest BCUT2D eigenvalue weighted by Crippen LogP contribution is -2.16. The molecule has 122 valence electrons. The molecule has 0 aliphatic carbocycles. The van der Waals surface area contributed by atoms with Gasteiger partial charge >= 0.3 is 0 Å². The number of aryl methyl sites for hydroxylation is 1. The van der Waals surface area contributed by atoms with Gasteiger partial charge in [0.25, 0.3) is 0 Å². The molecular weight excluding hydrogens is 292 g/mol. The van der Waals surface area contributed by atoms with Crippen LogP contribution in [0.4, 0.5) is 11.8 Å². The molecule has 0 saturated heterocycles. The Morgan fingerprint density at radius 1 is 1.17 bits per heavy atom. The first-order valence-electron chi connectivity index (χ1n) is 7.88. The van der Waals surface area contributed by atoms with E-state index in [0.29, 0.717) is 25.3 Å². The van der Waals surface area contributed by atoms with E-state index in [1.54, 1.807) is 0 Å². The third-order valence-corrected chi connectivity index (χ3v) is 3.75. The Kier molecular flexibility index (Phi) is 4.50. The molecule has 1 unspecified atom stereocenters. The molecule has 0 radical (unpaired) electrons. The maximum Gasteiger partial charge on any atom is 0.231 e. The zero-order valence-corrected chi connectivity index (χ0v) is 13.7. The Hall–Kier alpha value is -2.50. The molecule has 6 heteroatoms. The second-order valence-electron chi connectivity index (χ2n) is 5.71. The lowest BCUT2D eigenvalue weighted by molar-refractivity contribution is 0.174. The summed E-state index contributed by atoms with van der Waals surface area (Å²) in [6, 6.07) is 8.22. The third-order valence-electron chi connectivity index (χ3n) is 3.75. The Bertz CT molecular complexity index is 690. The molecule has 2 heterocycles. The first-order chi connectivity index (χ1) is 11.1. The van der Waals surface area contributed by atoms with Crippen molar-refractivity contribution in [3.63, 3.8) is 0 Å². The van der Waals surface area contributed by atoms with E-state index in [4.69, 9.17) is 9.47 Å². The lowest BCUT2D eigenvalue weighted by Gasteiger charge is -2.13. The number of rotatable bonds is 6. The smallest absolute Gasteiger partial charge is 0.231 e. The van der Waals surface area contributed by atoms with Gasteiger partial charge in [-0.2, -0.15) is 4.98 Å². The molecule has 0 fully saturated rings. The summed E-state index contributed by atoms with van der Waals surface area (Å²) in [6.07, 6.45) is 1.03.